The first-order chi connectivity index (χ1) is 5.66. The Balaban J connectivity index is -0.0000000145. The first kappa shape index (κ1) is 36.2. The molecule has 4 nitrogen and oxygen atoms in total. The summed E-state index contributed by atoms with van der Waals surface area (Å²) in [6.45, 7) is 0. The van der Waals surface area contributed by atoms with Gasteiger partial charge in [0.05, 0.1) is 0 Å². The van der Waals surface area contributed by atoms with Crippen LogP contribution in [0.1, 0.15) is 0 Å². The minimum absolute atomic E-state index is 0. The monoisotopic (exact) mass is 377 g/mol. The summed E-state index contributed by atoms with van der Waals surface area (Å²) in [5, 5.41) is 33.9. The Morgan fingerprint density at radius 1 is 0.571 bits per heavy atom. The zero-order valence-electron chi connectivity index (χ0n) is 6.74. The van der Waals surface area contributed by atoms with Crippen molar-refractivity contribution in [2.45, 2.75) is 0 Å². The van der Waals surface area contributed by atoms with E-state index in [1.165, 1.54) is 21.6 Å². The van der Waals surface area contributed by atoms with Crippen LogP contribution in [-0.2, 0) is 70.9 Å². The number of rotatable bonds is 0. The summed E-state index contributed by atoms with van der Waals surface area (Å²) in [6, 6.07) is 0. The normalized spacial score (nSPS) is 2.00. The predicted octanol–water partition coefficient (Wildman–Crippen LogP) is -0.326. The average molecular weight is 378 g/mol. The van der Waals surface area contributed by atoms with Crippen LogP contribution in [0, 0.1) is 42.7 Å². The van der Waals surface area contributed by atoms with Crippen LogP contribution in [0.4, 0.5) is 0 Å². The number of nitrogens with zero attached hydrogens (tertiary/aromatic N) is 4. The Bertz CT molecular complexity index is 163. The molecule has 0 rings (SSSR count). The molecule has 0 N–H and O–H groups in total. The van der Waals surface area contributed by atoms with Gasteiger partial charge in [0.1, 0.15) is 0 Å². The van der Waals surface area contributed by atoms with Gasteiger partial charge in [-0.3, -0.25) is 0 Å². The van der Waals surface area contributed by atoms with Crippen LogP contribution in [-0.4, -0.2) is 51.4 Å². The van der Waals surface area contributed by atoms with E-state index in [-0.39, 0.29) is 71.8 Å². The van der Waals surface area contributed by atoms with Gasteiger partial charge in [-0.2, -0.15) is 0 Å². The first-order valence-corrected chi connectivity index (χ1v) is 3.34. The van der Waals surface area contributed by atoms with Gasteiger partial charge >= 0.3 is 0 Å². The van der Waals surface area contributed by atoms with Gasteiger partial charge in [-0.1, -0.05) is 21.6 Å². The summed E-state index contributed by atoms with van der Waals surface area (Å²) in [7, 11) is 0. The fourth-order valence-corrected chi connectivity index (χ4v) is 0. The van der Waals surface area contributed by atoms with E-state index in [1.54, 1.807) is 0 Å². The topological polar surface area (TPSA) is 95.2 Å². The maximum absolute atomic E-state index is 7.13. The molecule has 0 aromatic carbocycles. The van der Waals surface area contributed by atoms with Crippen molar-refractivity contribution < 1.29 is 20.4 Å². The van der Waals surface area contributed by atoms with E-state index >= 15 is 0 Å². The molecule has 0 spiro atoms. The van der Waals surface area contributed by atoms with Crippen molar-refractivity contribution in [3.05, 3.63) is 0 Å². The molecule has 0 bridgehead atoms. The van der Waals surface area contributed by atoms with Crippen molar-refractivity contribution in [3.8, 4) is 21.6 Å². The third kappa shape index (κ3) is 1490. The van der Waals surface area contributed by atoms with Crippen LogP contribution >= 0.6 is 0 Å². The molecule has 14 heavy (non-hydrogen) atoms. The van der Waals surface area contributed by atoms with Crippen LogP contribution in [0.25, 0.3) is 0 Å². The Kier molecular flexibility index (Phi) is 239. The molecule has 0 fully saturated rings. The number of hydrogen-bond acceptors (Lipinski definition) is 8. The van der Waals surface area contributed by atoms with Gasteiger partial charge in [0.25, 0.3) is 0 Å². The molecular formula is C4KN4PdS4-4. The molecule has 0 aromatic rings. The summed E-state index contributed by atoms with van der Waals surface area (Å²) in [6.07, 6.45) is 0. The molecule has 1 radical (unpaired) electrons. The van der Waals surface area contributed by atoms with Crippen molar-refractivity contribution in [2.24, 2.45) is 0 Å². The third-order valence-electron chi connectivity index (χ3n) is 0. The largest absolute Gasteiger partial charge is 0.696 e. The summed E-state index contributed by atoms with van der Waals surface area (Å²) >= 11 is 14.8. The third-order valence-corrected chi connectivity index (χ3v) is 0. The van der Waals surface area contributed by atoms with Crippen LogP contribution in [0.3, 0.4) is 0 Å². The molecule has 0 heterocycles. The Morgan fingerprint density at radius 2 is 0.571 bits per heavy atom. The number of nitriles is 4. The molecule has 0 saturated heterocycles. The van der Waals surface area contributed by atoms with Gasteiger partial charge in [-0.05, 0) is 0 Å². The van der Waals surface area contributed by atoms with E-state index in [9.17, 15) is 0 Å². The maximum Gasteiger partial charge on any atom is 0 e. The fraction of sp³-hybridized carbons (Fsp3) is 0. The standard InChI is InChI=1S/4CHNS.K.Pd/c4*2-1-3;;/h4*3H;;/p-4. The van der Waals surface area contributed by atoms with E-state index in [4.69, 9.17) is 21.0 Å². The van der Waals surface area contributed by atoms with Crippen molar-refractivity contribution in [1.29, 1.82) is 21.0 Å². The van der Waals surface area contributed by atoms with Gasteiger partial charge < -0.3 is 50.5 Å². The summed E-state index contributed by atoms with van der Waals surface area (Å²) in [5.41, 5.74) is 0. The molecule has 0 aromatic heterocycles. The first-order valence-electron chi connectivity index (χ1n) is 1.71. The second kappa shape index (κ2) is 92.4. The molecule has 0 atom stereocenters. The zero-order valence-corrected chi connectivity index (χ0v) is 14.7. The number of thiocyanates is 4. The van der Waals surface area contributed by atoms with E-state index in [2.05, 4.69) is 50.5 Å². The minimum Gasteiger partial charge on any atom is -0.696 e. The molecule has 0 aliphatic carbocycles. The second-order valence-electron chi connectivity index (χ2n) is 0.365. The van der Waals surface area contributed by atoms with Crippen LogP contribution < -0.4 is 0 Å². The SMILES string of the molecule is N#C[S-].N#C[S-].N#C[S-].N#C[S-].[K].[Pd]. The van der Waals surface area contributed by atoms with Crippen LogP contribution in [0.5, 0.6) is 0 Å². The van der Waals surface area contributed by atoms with E-state index < -0.39 is 0 Å². The number of hydrogen-bond donors (Lipinski definition) is 0. The fourth-order valence-electron chi connectivity index (χ4n) is 0. The Labute approximate surface area is 162 Å². The molecule has 10 heteroatoms. The van der Waals surface area contributed by atoms with E-state index in [0.717, 1.165) is 0 Å². The van der Waals surface area contributed by atoms with Gasteiger partial charge in [-0.15, -0.1) is 0 Å². The van der Waals surface area contributed by atoms with Crippen LogP contribution in [0.2, 0.25) is 0 Å². The maximum atomic E-state index is 7.13. The smallest absolute Gasteiger partial charge is 0 e. The molecular weight excluding hydrogens is 378 g/mol. The van der Waals surface area contributed by atoms with E-state index in [1.807, 2.05) is 0 Å². The summed E-state index contributed by atoms with van der Waals surface area (Å²) in [5.74, 6) is 0. The van der Waals surface area contributed by atoms with Crippen molar-refractivity contribution in [2.75, 3.05) is 0 Å². The molecule has 75 valence electrons. The zero-order chi connectivity index (χ0) is 10.8. The van der Waals surface area contributed by atoms with Gasteiger partial charge in [0.2, 0.25) is 0 Å². The second-order valence-corrected chi connectivity index (χ2v) is 1.10. The predicted molar refractivity (Wildman–Crippen MR) is 57.7 cm³/mol. The van der Waals surface area contributed by atoms with Gasteiger partial charge in [-0.25, -0.2) is 21.0 Å². The molecule has 0 aliphatic heterocycles. The molecule has 0 amide bonds. The Hall–Kier alpha value is 1.14. The summed E-state index contributed by atoms with van der Waals surface area (Å²) < 4.78 is 0. The van der Waals surface area contributed by atoms with Crippen LogP contribution in [0.15, 0.2) is 0 Å². The quantitative estimate of drug-likeness (QED) is 0.322. The molecule has 0 aliphatic rings. The van der Waals surface area contributed by atoms with Gasteiger partial charge in [0.15, 0.2) is 0 Å². The minimum atomic E-state index is 0. The van der Waals surface area contributed by atoms with Crippen molar-refractivity contribution in [3.63, 3.8) is 0 Å². The van der Waals surface area contributed by atoms with Gasteiger partial charge in [0, 0.05) is 71.8 Å². The van der Waals surface area contributed by atoms with E-state index in [0.29, 0.717) is 0 Å². The summed E-state index contributed by atoms with van der Waals surface area (Å²) in [4.78, 5) is 0. The van der Waals surface area contributed by atoms with Crippen molar-refractivity contribution >= 4 is 102 Å². The molecule has 0 saturated carbocycles. The Morgan fingerprint density at radius 3 is 0.571 bits per heavy atom. The van der Waals surface area contributed by atoms with Crippen molar-refractivity contribution in [1.82, 2.24) is 0 Å². The molecule has 0 unspecified atom stereocenters. The average Bonchev–Trinajstić information content (AvgIpc) is 1.92.